The summed E-state index contributed by atoms with van der Waals surface area (Å²) in [6.45, 7) is 4.45. The van der Waals surface area contributed by atoms with Crippen LogP contribution < -0.4 is 15.4 Å². The Morgan fingerprint density at radius 2 is 1.79 bits per heavy atom. The van der Waals surface area contributed by atoms with Gasteiger partial charge in [-0.2, -0.15) is 0 Å². The van der Waals surface area contributed by atoms with Crippen molar-refractivity contribution in [1.82, 2.24) is 5.32 Å². The fraction of sp³-hybridized carbons (Fsp3) is 0.240. The highest BCUT2D eigenvalue weighted by atomic mass is 32.1. The van der Waals surface area contributed by atoms with E-state index in [0.29, 0.717) is 23.6 Å². The fourth-order valence-electron chi connectivity index (χ4n) is 3.06. The predicted molar refractivity (Wildman–Crippen MR) is 136 cm³/mol. The van der Waals surface area contributed by atoms with Gasteiger partial charge in [-0.25, -0.2) is 4.79 Å². The number of nitrogens with one attached hydrogen (secondary N) is 2. The number of carbonyl (C=O) groups is 2. The van der Waals surface area contributed by atoms with Gasteiger partial charge >= 0.3 is 5.97 Å². The van der Waals surface area contributed by atoms with Gasteiger partial charge in [0.05, 0.1) is 13.2 Å². The molecular weight excluding hydrogens is 456 g/mol. The minimum Gasteiger partial charge on any atom is -0.494 e. The monoisotopic (exact) mass is 482 g/mol. The molecule has 0 bridgehead atoms. The number of thiophene rings is 1. The van der Waals surface area contributed by atoms with Crippen molar-refractivity contribution in [2.24, 2.45) is 0 Å². The van der Waals surface area contributed by atoms with Crippen LogP contribution in [0.15, 0.2) is 60.0 Å². The Hall–Kier alpha value is -3.23. The predicted octanol–water partition coefficient (Wildman–Crippen LogP) is 5.57. The molecule has 0 aliphatic rings. The highest BCUT2D eigenvalue weighted by Gasteiger charge is 2.22. The Labute approximate surface area is 202 Å². The van der Waals surface area contributed by atoms with Gasteiger partial charge in [0.1, 0.15) is 16.3 Å². The third-order valence-electron chi connectivity index (χ3n) is 4.67. The number of carbonyl (C=O) groups excluding carboxylic acids is 2. The molecule has 1 amide bonds. The van der Waals surface area contributed by atoms with Crippen molar-refractivity contribution in [1.29, 1.82) is 0 Å². The zero-order chi connectivity index (χ0) is 23.6. The second kappa shape index (κ2) is 12.1. The van der Waals surface area contributed by atoms with E-state index in [-0.39, 0.29) is 24.0 Å². The van der Waals surface area contributed by atoms with Gasteiger partial charge in [-0.05, 0) is 50.2 Å². The molecule has 0 radical (unpaired) electrons. The number of rotatable bonds is 9. The van der Waals surface area contributed by atoms with Crippen LogP contribution in [0.25, 0.3) is 11.1 Å². The number of hydrogen-bond donors (Lipinski definition) is 2. The zero-order valence-electron chi connectivity index (χ0n) is 18.6. The van der Waals surface area contributed by atoms with Gasteiger partial charge in [0.2, 0.25) is 5.91 Å². The van der Waals surface area contributed by atoms with Crippen molar-refractivity contribution in [3.63, 3.8) is 0 Å². The minimum absolute atomic E-state index is 0.131. The molecule has 33 heavy (non-hydrogen) atoms. The molecule has 0 fully saturated rings. The second-order valence-electron chi connectivity index (χ2n) is 7.21. The van der Waals surface area contributed by atoms with Crippen LogP contribution in [0.5, 0.6) is 5.75 Å². The number of anilines is 1. The Balaban J connectivity index is 1.59. The van der Waals surface area contributed by atoms with Crippen LogP contribution in [0, 0.1) is 6.92 Å². The standard InChI is InChI=1S/C25H26N2O4S2/c1-3-30-24(29)22-20(18-13-11-17(2)12-14-18)16-33-23(22)27-25(32)26-21(28)10-7-15-31-19-8-5-4-6-9-19/h4-6,8-9,11-14,16H,3,7,10,15H2,1-2H3,(H2,26,27,28,32). The number of thiocarbonyl (C=S) groups is 1. The first-order chi connectivity index (χ1) is 16.0. The highest BCUT2D eigenvalue weighted by molar-refractivity contribution is 7.80. The molecule has 6 nitrogen and oxygen atoms in total. The smallest absolute Gasteiger partial charge is 0.341 e. The Morgan fingerprint density at radius 3 is 2.48 bits per heavy atom. The summed E-state index contributed by atoms with van der Waals surface area (Å²) in [5.41, 5.74) is 3.19. The van der Waals surface area contributed by atoms with Crippen molar-refractivity contribution < 1.29 is 19.1 Å². The number of amides is 1. The molecule has 1 heterocycles. The summed E-state index contributed by atoms with van der Waals surface area (Å²) in [5.74, 6) is 0.102. The SMILES string of the molecule is CCOC(=O)c1c(-c2ccc(C)cc2)csc1NC(=S)NC(=O)CCCOc1ccccc1. The summed E-state index contributed by atoms with van der Waals surface area (Å²) in [6, 6.07) is 17.3. The van der Waals surface area contributed by atoms with Crippen molar-refractivity contribution in [3.05, 3.63) is 71.1 Å². The van der Waals surface area contributed by atoms with Crippen LogP contribution >= 0.6 is 23.6 Å². The Bertz CT molecular complexity index is 1100. The number of para-hydroxylation sites is 1. The zero-order valence-corrected chi connectivity index (χ0v) is 20.2. The first kappa shape index (κ1) is 24.4. The van der Waals surface area contributed by atoms with Gasteiger partial charge in [0.25, 0.3) is 0 Å². The number of hydrogen-bond acceptors (Lipinski definition) is 6. The maximum atomic E-state index is 12.7. The van der Waals surface area contributed by atoms with Gasteiger partial charge in [-0.1, -0.05) is 48.0 Å². The van der Waals surface area contributed by atoms with Gasteiger partial charge in [-0.3, -0.25) is 4.79 Å². The number of esters is 1. The second-order valence-corrected chi connectivity index (χ2v) is 8.50. The molecule has 8 heteroatoms. The first-order valence-electron chi connectivity index (χ1n) is 10.6. The van der Waals surface area contributed by atoms with Crippen molar-refractivity contribution >= 4 is 45.5 Å². The Kier molecular flexibility index (Phi) is 8.97. The molecule has 3 rings (SSSR count). The molecule has 0 unspecified atom stereocenters. The maximum Gasteiger partial charge on any atom is 0.341 e. The van der Waals surface area contributed by atoms with E-state index in [4.69, 9.17) is 21.7 Å². The van der Waals surface area contributed by atoms with Crippen molar-refractivity contribution in [3.8, 4) is 16.9 Å². The molecule has 2 aromatic carbocycles. The molecule has 0 saturated carbocycles. The summed E-state index contributed by atoms with van der Waals surface area (Å²) in [7, 11) is 0. The molecule has 0 spiro atoms. The van der Waals surface area contributed by atoms with E-state index < -0.39 is 5.97 Å². The quantitative estimate of drug-likeness (QED) is 0.236. The lowest BCUT2D eigenvalue weighted by Gasteiger charge is -2.11. The fourth-order valence-corrected chi connectivity index (χ4v) is 4.31. The van der Waals surface area contributed by atoms with Crippen LogP contribution in [0.1, 0.15) is 35.7 Å². The average Bonchev–Trinajstić information content (AvgIpc) is 3.21. The van der Waals surface area contributed by atoms with Gasteiger partial charge < -0.3 is 20.1 Å². The van der Waals surface area contributed by atoms with E-state index >= 15 is 0 Å². The lowest BCUT2D eigenvalue weighted by atomic mass is 10.0. The van der Waals surface area contributed by atoms with Crippen molar-refractivity contribution in [2.75, 3.05) is 18.5 Å². The highest BCUT2D eigenvalue weighted by Crippen LogP contribution is 2.36. The molecule has 0 saturated heterocycles. The molecule has 2 N–H and O–H groups in total. The van der Waals surface area contributed by atoms with E-state index in [0.717, 1.165) is 22.4 Å². The van der Waals surface area contributed by atoms with E-state index in [1.165, 1.54) is 11.3 Å². The van der Waals surface area contributed by atoms with Crippen LogP contribution in [-0.2, 0) is 9.53 Å². The molecule has 3 aromatic rings. The summed E-state index contributed by atoms with van der Waals surface area (Å²) in [6.07, 6.45) is 0.812. The van der Waals surface area contributed by atoms with E-state index in [1.54, 1.807) is 6.92 Å². The minimum atomic E-state index is -0.441. The summed E-state index contributed by atoms with van der Waals surface area (Å²) < 4.78 is 10.9. The molecular formula is C25H26N2O4S2. The molecule has 1 aromatic heterocycles. The first-order valence-corrected chi connectivity index (χ1v) is 11.9. The topological polar surface area (TPSA) is 76.7 Å². The van der Waals surface area contributed by atoms with E-state index in [1.807, 2.05) is 66.9 Å². The van der Waals surface area contributed by atoms with Gasteiger partial charge in [0, 0.05) is 17.4 Å². The van der Waals surface area contributed by atoms with Crippen LogP contribution in [0.2, 0.25) is 0 Å². The number of benzene rings is 2. The van der Waals surface area contributed by atoms with E-state index in [2.05, 4.69) is 10.6 Å². The molecule has 172 valence electrons. The third kappa shape index (κ3) is 7.13. The van der Waals surface area contributed by atoms with Crippen molar-refractivity contribution in [2.45, 2.75) is 26.7 Å². The maximum absolute atomic E-state index is 12.7. The van der Waals surface area contributed by atoms with Crippen LogP contribution in [-0.4, -0.2) is 30.2 Å². The average molecular weight is 483 g/mol. The summed E-state index contributed by atoms with van der Waals surface area (Å²) >= 11 is 6.63. The molecule has 0 atom stereocenters. The van der Waals surface area contributed by atoms with E-state index in [9.17, 15) is 9.59 Å². The summed E-state index contributed by atoms with van der Waals surface area (Å²) in [4.78, 5) is 24.9. The lowest BCUT2D eigenvalue weighted by Crippen LogP contribution is -2.34. The van der Waals surface area contributed by atoms with Gasteiger partial charge in [-0.15, -0.1) is 11.3 Å². The normalized spacial score (nSPS) is 10.4. The number of aryl methyl sites for hydroxylation is 1. The summed E-state index contributed by atoms with van der Waals surface area (Å²) in [5, 5.41) is 8.19. The Morgan fingerprint density at radius 1 is 1.06 bits per heavy atom. The van der Waals surface area contributed by atoms with Gasteiger partial charge in [0.15, 0.2) is 5.11 Å². The third-order valence-corrected chi connectivity index (χ3v) is 5.77. The van der Waals surface area contributed by atoms with Crippen LogP contribution in [0.4, 0.5) is 5.00 Å². The number of ether oxygens (including phenoxy) is 2. The molecule has 0 aliphatic heterocycles. The lowest BCUT2D eigenvalue weighted by molar-refractivity contribution is -0.119. The van der Waals surface area contributed by atoms with Crippen LogP contribution in [0.3, 0.4) is 0 Å². The molecule has 0 aliphatic carbocycles. The largest absolute Gasteiger partial charge is 0.494 e.